The Balaban J connectivity index is 0.000000437. The number of carbonyl (C=O) groups excluding carboxylic acids is 5. The minimum atomic E-state index is -1.84. The average Bonchev–Trinajstić information content (AvgIpc) is 3.29. The summed E-state index contributed by atoms with van der Waals surface area (Å²) in [5, 5.41) is 11.2. The molecule has 0 aliphatic heterocycles. The normalized spacial score (nSPS) is 10.6. The van der Waals surface area contributed by atoms with Crippen molar-refractivity contribution in [1.29, 1.82) is 0 Å². The van der Waals surface area contributed by atoms with E-state index >= 15 is 0 Å². The number of aryl methyl sites for hydroxylation is 1. The summed E-state index contributed by atoms with van der Waals surface area (Å²) in [6.07, 6.45) is 0. The van der Waals surface area contributed by atoms with Crippen LogP contribution >= 0.6 is 0 Å². The van der Waals surface area contributed by atoms with E-state index in [4.69, 9.17) is 42.9 Å². The van der Waals surface area contributed by atoms with Gasteiger partial charge < -0.3 is 42.6 Å². The first kappa shape index (κ1) is 53.4. The Hall–Kier alpha value is -6.89. The number of carbonyl (C=O) groups is 5. The van der Waals surface area contributed by atoms with Gasteiger partial charge in [-0.3, -0.25) is 10.1 Å². The number of non-ortho nitro benzene ring substituents is 1. The number of hydrogen-bond acceptors (Lipinski definition) is 18. The van der Waals surface area contributed by atoms with Crippen molar-refractivity contribution in [2.75, 3.05) is 66.1 Å². The number of para-hydroxylation sites is 2. The number of nitro groups is 1. The van der Waals surface area contributed by atoms with E-state index in [2.05, 4.69) is 9.47 Å². The van der Waals surface area contributed by atoms with E-state index in [-0.39, 0.29) is 61.3 Å². The molecule has 23 heteroatoms. The summed E-state index contributed by atoms with van der Waals surface area (Å²) in [6, 6.07) is 12.8. The molecule has 0 spiro atoms. The van der Waals surface area contributed by atoms with E-state index in [0.29, 0.717) is 45.2 Å². The lowest BCUT2D eigenvalue weighted by Gasteiger charge is -2.12. The first-order valence-corrected chi connectivity index (χ1v) is 19.5. The van der Waals surface area contributed by atoms with E-state index in [1.165, 1.54) is 12.1 Å². The number of ether oxygens (including phenoxy) is 9. The molecule has 0 saturated carbocycles. The number of nitro benzene ring substituents is 1. The molecule has 4 aromatic rings. The molecule has 0 saturated heterocycles. The smallest absolute Gasteiger partial charge is 0.423 e. The third-order valence-electron chi connectivity index (χ3n) is 7.80. The zero-order valence-corrected chi connectivity index (χ0v) is 35.5. The Labute approximate surface area is 373 Å². The molecule has 0 unspecified atom stereocenters. The summed E-state index contributed by atoms with van der Waals surface area (Å²) in [5.41, 5.74) is 0.305. The Bertz CT molecular complexity index is 2170. The lowest BCUT2D eigenvalue weighted by Crippen LogP contribution is -2.26. The maximum absolute atomic E-state index is 13.2. The van der Waals surface area contributed by atoms with Gasteiger partial charge in [-0.05, 0) is 68.8 Å². The Kier molecular flexibility index (Phi) is 23.3. The van der Waals surface area contributed by atoms with Crippen molar-refractivity contribution in [2.45, 2.75) is 27.4 Å². The zero-order chi connectivity index (χ0) is 48.4. The molecule has 0 N–H and O–H groups in total. The standard InChI is InChI=1S/C29H37NO14.C14H6F4O4/c1-4-36-10-12-38-14-16-40-27(31)24-18-21(3)6-8-26(24)44-29(33)28(32)43-25-9-7-23(30(34)35)19-22(25)20-42-41-17-15-39-13-11-37-5-2;15-7-3-1-4-8(16)11(7)21-13(19)14(20)22-12-9(17)5-2-6-10(12)18/h6-9,18-19H,4-5,10-17,20H2,1-3H3;1-6H. The molecular formula is C43H43F4NO18. The molecule has 0 heterocycles. The highest BCUT2D eigenvalue weighted by Gasteiger charge is 2.27. The number of nitrogens with zero attached hydrogens (tertiary/aromatic N) is 1. The highest BCUT2D eigenvalue weighted by Crippen LogP contribution is 2.27. The van der Waals surface area contributed by atoms with Crippen LogP contribution in [-0.2, 0) is 59.2 Å². The van der Waals surface area contributed by atoms with Gasteiger partial charge in [-0.2, -0.15) is 0 Å². The molecule has 4 rings (SSSR count). The summed E-state index contributed by atoms with van der Waals surface area (Å²) in [6.45, 7) is 8.07. The molecule has 0 amide bonds. The second-order valence-corrected chi connectivity index (χ2v) is 12.5. The van der Waals surface area contributed by atoms with Gasteiger partial charge in [-0.15, -0.1) is 0 Å². The van der Waals surface area contributed by atoms with Crippen molar-refractivity contribution >= 4 is 35.5 Å². The van der Waals surface area contributed by atoms with Crippen molar-refractivity contribution < 1.29 is 98.9 Å². The maximum atomic E-state index is 13.2. The summed E-state index contributed by atoms with van der Waals surface area (Å²) in [5.74, 6) is -15.0. The number of rotatable bonds is 23. The highest BCUT2D eigenvalue weighted by atomic mass is 19.1. The molecule has 19 nitrogen and oxygen atoms in total. The lowest BCUT2D eigenvalue weighted by atomic mass is 10.1. The SMILES string of the molecule is CCOCCOCCOOCc1cc([N+](=O)[O-])ccc1OC(=O)C(=O)Oc1ccc(C)cc1C(=O)OCCOCCOCC.O=C(Oc1c(F)cccc1F)C(=O)Oc1c(F)cccc1F. The van der Waals surface area contributed by atoms with Gasteiger partial charge in [-0.25, -0.2) is 51.3 Å². The predicted octanol–water partition coefficient (Wildman–Crippen LogP) is 5.88. The molecule has 0 aromatic heterocycles. The van der Waals surface area contributed by atoms with Gasteiger partial charge in [0.15, 0.2) is 23.3 Å². The fourth-order valence-electron chi connectivity index (χ4n) is 4.75. The number of hydrogen-bond donors (Lipinski definition) is 0. The van der Waals surface area contributed by atoms with Crippen molar-refractivity contribution in [3.05, 3.63) is 123 Å². The first-order chi connectivity index (χ1) is 31.7. The second-order valence-electron chi connectivity index (χ2n) is 12.5. The van der Waals surface area contributed by atoms with Gasteiger partial charge in [0.05, 0.1) is 44.6 Å². The molecule has 0 aliphatic rings. The highest BCUT2D eigenvalue weighted by molar-refractivity contribution is 6.31. The van der Waals surface area contributed by atoms with Crippen molar-refractivity contribution in [2.24, 2.45) is 0 Å². The fourth-order valence-corrected chi connectivity index (χ4v) is 4.75. The van der Waals surface area contributed by atoms with Crippen molar-refractivity contribution in [1.82, 2.24) is 0 Å². The van der Waals surface area contributed by atoms with Crippen LogP contribution in [0.1, 0.15) is 35.3 Å². The molecule has 66 heavy (non-hydrogen) atoms. The molecule has 0 aliphatic carbocycles. The monoisotopic (exact) mass is 937 g/mol. The molecular weight excluding hydrogens is 894 g/mol. The van der Waals surface area contributed by atoms with Gasteiger partial charge in [0.2, 0.25) is 11.5 Å². The van der Waals surface area contributed by atoms with Gasteiger partial charge in [0, 0.05) is 30.9 Å². The summed E-state index contributed by atoms with van der Waals surface area (Å²) in [7, 11) is 0. The maximum Gasteiger partial charge on any atom is 0.423 e. The topological polar surface area (TPSA) is 230 Å². The van der Waals surface area contributed by atoms with E-state index in [9.17, 15) is 51.6 Å². The lowest BCUT2D eigenvalue weighted by molar-refractivity contribution is -0.385. The van der Waals surface area contributed by atoms with Crippen molar-refractivity contribution in [3.63, 3.8) is 0 Å². The van der Waals surface area contributed by atoms with Crippen molar-refractivity contribution in [3.8, 4) is 23.0 Å². The van der Waals surface area contributed by atoms with Crippen LogP contribution in [0.5, 0.6) is 23.0 Å². The van der Waals surface area contributed by atoms with E-state index in [1.54, 1.807) is 13.0 Å². The predicted molar refractivity (Wildman–Crippen MR) is 215 cm³/mol. The molecule has 0 fully saturated rings. The summed E-state index contributed by atoms with van der Waals surface area (Å²) < 4.78 is 97.7. The molecule has 0 bridgehead atoms. The Morgan fingerprint density at radius 1 is 0.545 bits per heavy atom. The third-order valence-corrected chi connectivity index (χ3v) is 7.80. The van der Waals surface area contributed by atoms with E-state index < -0.39 is 69.5 Å². The van der Waals surface area contributed by atoms with Crippen LogP contribution in [0, 0.1) is 40.3 Å². The largest absolute Gasteiger partial charge is 0.460 e. The number of esters is 5. The van der Waals surface area contributed by atoms with E-state index in [1.807, 2.05) is 13.8 Å². The summed E-state index contributed by atoms with van der Waals surface area (Å²) >= 11 is 0. The zero-order valence-electron chi connectivity index (χ0n) is 35.5. The molecule has 0 atom stereocenters. The number of benzene rings is 4. The third kappa shape index (κ3) is 18.3. The molecule has 356 valence electrons. The Morgan fingerprint density at radius 2 is 1.00 bits per heavy atom. The number of halogens is 4. The van der Waals surface area contributed by atoms with Gasteiger partial charge in [0.25, 0.3) is 5.69 Å². The van der Waals surface area contributed by atoms with Crippen LogP contribution in [0.4, 0.5) is 23.2 Å². The van der Waals surface area contributed by atoms with Crippen LogP contribution in [0.3, 0.4) is 0 Å². The fraction of sp³-hybridized carbons (Fsp3) is 0.326. The van der Waals surface area contributed by atoms with Crippen LogP contribution < -0.4 is 18.9 Å². The minimum Gasteiger partial charge on any atom is -0.460 e. The average molecular weight is 938 g/mol. The minimum absolute atomic E-state index is 0.0423. The quantitative estimate of drug-likeness (QED) is 0.0124. The van der Waals surface area contributed by atoms with E-state index in [0.717, 1.165) is 54.6 Å². The van der Waals surface area contributed by atoms with Crippen LogP contribution in [0.15, 0.2) is 72.8 Å². The van der Waals surface area contributed by atoms with Crippen LogP contribution in [-0.4, -0.2) is 101 Å². The van der Waals surface area contributed by atoms with Gasteiger partial charge in [0.1, 0.15) is 36.9 Å². The Morgan fingerprint density at radius 3 is 1.52 bits per heavy atom. The van der Waals surface area contributed by atoms with Crippen LogP contribution in [0.2, 0.25) is 0 Å². The molecule has 4 aromatic carbocycles. The first-order valence-electron chi connectivity index (χ1n) is 19.5. The van der Waals surface area contributed by atoms with Gasteiger partial charge in [-0.1, -0.05) is 18.2 Å². The van der Waals surface area contributed by atoms with Gasteiger partial charge >= 0.3 is 29.8 Å². The molecule has 0 radical (unpaired) electrons. The second kappa shape index (κ2) is 28.8. The summed E-state index contributed by atoms with van der Waals surface area (Å²) in [4.78, 5) is 81.3. The van der Waals surface area contributed by atoms with Crippen LogP contribution in [0.25, 0.3) is 0 Å².